The molecule has 1 aliphatic rings. The second-order valence-corrected chi connectivity index (χ2v) is 4.24. The van der Waals surface area contributed by atoms with Gasteiger partial charge in [0.05, 0.1) is 11.7 Å². The SMILES string of the molecule is CC(O)(CC(O)CN)CC1CC1. The lowest BCUT2D eigenvalue weighted by Gasteiger charge is -2.25. The van der Waals surface area contributed by atoms with E-state index in [0.29, 0.717) is 12.3 Å². The maximum Gasteiger partial charge on any atom is 0.0689 e. The summed E-state index contributed by atoms with van der Waals surface area (Å²) in [5, 5.41) is 19.1. The summed E-state index contributed by atoms with van der Waals surface area (Å²) in [5.74, 6) is 0.685. The molecule has 1 fully saturated rings. The van der Waals surface area contributed by atoms with Crippen molar-refractivity contribution in [2.75, 3.05) is 6.54 Å². The quantitative estimate of drug-likeness (QED) is 0.558. The second kappa shape index (κ2) is 3.73. The van der Waals surface area contributed by atoms with Gasteiger partial charge in [-0.1, -0.05) is 12.8 Å². The van der Waals surface area contributed by atoms with Crippen molar-refractivity contribution in [3.05, 3.63) is 0 Å². The fraction of sp³-hybridized carbons (Fsp3) is 1.00. The largest absolute Gasteiger partial charge is 0.392 e. The van der Waals surface area contributed by atoms with Crippen molar-refractivity contribution in [3.63, 3.8) is 0 Å². The molecule has 0 radical (unpaired) electrons. The molecule has 0 bridgehead atoms. The van der Waals surface area contributed by atoms with Crippen LogP contribution in [0.5, 0.6) is 0 Å². The summed E-state index contributed by atoms with van der Waals surface area (Å²) in [6.07, 6.45) is 3.12. The van der Waals surface area contributed by atoms with Crippen molar-refractivity contribution in [2.24, 2.45) is 11.7 Å². The molecule has 0 aliphatic heterocycles. The highest BCUT2D eigenvalue weighted by Gasteiger charge is 2.32. The van der Waals surface area contributed by atoms with Crippen molar-refractivity contribution < 1.29 is 10.2 Å². The normalized spacial score (nSPS) is 25.0. The van der Waals surface area contributed by atoms with E-state index >= 15 is 0 Å². The van der Waals surface area contributed by atoms with E-state index in [1.54, 1.807) is 6.92 Å². The molecule has 0 heterocycles. The molecule has 1 rings (SSSR count). The summed E-state index contributed by atoms with van der Waals surface area (Å²) in [6, 6.07) is 0. The smallest absolute Gasteiger partial charge is 0.0689 e. The molecule has 4 N–H and O–H groups in total. The molecule has 2 atom stereocenters. The average Bonchev–Trinajstić information content (AvgIpc) is 2.69. The average molecular weight is 173 g/mol. The van der Waals surface area contributed by atoms with Gasteiger partial charge in [-0.05, 0) is 19.3 Å². The van der Waals surface area contributed by atoms with Gasteiger partial charge in [0.2, 0.25) is 0 Å². The number of aliphatic hydroxyl groups excluding tert-OH is 1. The zero-order chi connectivity index (χ0) is 9.19. The highest BCUT2D eigenvalue weighted by atomic mass is 16.3. The van der Waals surface area contributed by atoms with Crippen LogP contribution in [0.3, 0.4) is 0 Å². The third-order valence-corrected chi connectivity index (χ3v) is 2.37. The number of hydrogen-bond acceptors (Lipinski definition) is 3. The van der Waals surface area contributed by atoms with Crippen LogP contribution in [-0.2, 0) is 0 Å². The van der Waals surface area contributed by atoms with Crippen LogP contribution in [0, 0.1) is 5.92 Å². The van der Waals surface area contributed by atoms with Crippen LogP contribution in [0.2, 0.25) is 0 Å². The van der Waals surface area contributed by atoms with E-state index in [-0.39, 0.29) is 6.54 Å². The summed E-state index contributed by atoms with van der Waals surface area (Å²) in [5.41, 5.74) is 4.54. The highest BCUT2D eigenvalue weighted by molar-refractivity contribution is 4.85. The molecule has 0 saturated heterocycles. The molecule has 0 amide bonds. The van der Waals surface area contributed by atoms with Crippen LogP contribution in [-0.4, -0.2) is 28.5 Å². The standard InChI is InChI=1S/C9H19NO2/c1-9(12,4-7-2-3-7)5-8(11)6-10/h7-8,11-12H,2-6,10H2,1H3. The molecule has 0 aromatic rings. The van der Waals surface area contributed by atoms with Gasteiger partial charge in [0.25, 0.3) is 0 Å². The minimum absolute atomic E-state index is 0.237. The van der Waals surface area contributed by atoms with Crippen LogP contribution in [0.4, 0.5) is 0 Å². The van der Waals surface area contributed by atoms with Crippen LogP contribution in [0.15, 0.2) is 0 Å². The van der Waals surface area contributed by atoms with E-state index in [9.17, 15) is 10.2 Å². The molecule has 3 nitrogen and oxygen atoms in total. The molecule has 72 valence electrons. The van der Waals surface area contributed by atoms with Gasteiger partial charge in [-0.25, -0.2) is 0 Å². The molecule has 0 aromatic carbocycles. The van der Waals surface area contributed by atoms with Crippen molar-refractivity contribution in [1.82, 2.24) is 0 Å². The highest BCUT2D eigenvalue weighted by Crippen LogP contribution is 2.37. The van der Waals surface area contributed by atoms with E-state index < -0.39 is 11.7 Å². The molecule has 0 aromatic heterocycles. The summed E-state index contributed by atoms with van der Waals surface area (Å²) in [4.78, 5) is 0. The molecule has 12 heavy (non-hydrogen) atoms. The Morgan fingerprint density at radius 2 is 2.17 bits per heavy atom. The number of nitrogens with two attached hydrogens (primary N) is 1. The van der Waals surface area contributed by atoms with Gasteiger partial charge in [-0.15, -0.1) is 0 Å². The Hall–Kier alpha value is -0.120. The molecule has 1 aliphatic carbocycles. The maximum atomic E-state index is 9.81. The maximum absolute atomic E-state index is 9.81. The Kier molecular flexibility index (Phi) is 3.09. The van der Waals surface area contributed by atoms with Gasteiger partial charge in [-0.3, -0.25) is 0 Å². The summed E-state index contributed by atoms with van der Waals surface area (Å²) in [7, 11) is 0. The molecule has 1 saturated carbocycles. The minimum atomic E-state index is -0.722. The molecular weight excluding hydrogens is 154 g/mol. The molecule has 3 heteroatoms. The second-order valence-electron chi connectivity index (χ2n) is 4.24. The number of hydrogen-bond donors (Lipinski definition) is 3. The Morgan fingerprint density at radius 1 is 1.58 bits per heavy atom. The Labute approximate surface area is 73.6 Å². The van der Waals surface area contributed by atoms with Crippen molar-refractivity contribution >= 4 is 0 Å². The molecule has 2 unspecified atom stereocenters. The van der Waals surface area contributed by atoms with Crippen LogP contribution in [0.1, 0.15) is 32.6 Å². The van der Waals surface area contributed by atoms with Gasteiger partial charge < -0.3 is 15.9 Å². The van der Waals surface area contributed by atoms with Gasteiger partial charge in [-0.2, -0.15) is 0 Å². The number of rotatable bonds is 5. The number of aliphatic hydroxyl groups is 2. The summed E-state index contributed by atoms with van der Waals surface area (Å²) >= 11 is 0. The molecular formula is C9H19NO2. The van der Waals surface area contributed by atoms with Crippen LogP contribution >= 0.6 is 0 Å². The zero-order valence-electron chi connectivity index (χ0n) is 7.66. The van der Waals surface area contributed by atoms with Crippen molar-refractivity contribution in [1.29, 1.82) is 0 Å². The Bertz CT molecular complexity index is 143. The Morgan fingerprint density at radius 3 is 2.58 bits per heavy atom. The zero-order valence-corrected chi connectivity index (χ0v) is 7.66. The van der Waals surface area contributed by atoms with Crippen molar-refractivity contribution in [2.45, 2.75) is 44.3 Å². The predicted octanol–water partition coefficient (Wildman–Crippen LogP) is 0.247. The lowest BCUT2D eigenvalue weighted by atomic mass is 9.92. The van der Waals surface area contributed by atoms with Gasteiger partial charge in [0.15, 0.2) is 0 Å². The fourth-order valence-electron chi connectivity index (χ4n) is 1.62. The topological polar surface area (TPSA) is 66.5 Å². The third kappa shape index (κ3) is 3.52. The first-order chi connectivity index (χ1) is 5.53. The summed E-state index contributed by atoms with van der Waals surface area (Å²) < 4.78 is 0. The van der Waals surface area contributed by atoms with Crippen LogP contribution < -0.4 is 5.73 Å². The summed E-state index contributed by atoms with van der Waals surface area (Å²) in [6.45, 7) is 2.02. The van der Waals surface area contributed by atoms with Crippen LogP contribution in [0.25, 0.3) is 0 Å². The van der Waals surface area contributed by atoms with Crippen molar-refractivity contribution in [3.8, 4) is 0 Å². The van der Waals surface area contributed by atoms with Gasteiger partial charge in [0, 0.05) is 13.0 Å². The first-order valence-corrected chi connectivity index (χ1v) is 4.64. The van der Waals surface area contributed by atoms with E-state index in [2.05, 4.69) is 0 Å². The van der Waals surface area contributed by atoms with E-state index in [0.717, 1.165) is 6.42 Å². The van der Waals surface area contributed by atoms with E-state index in [1.165, 1.54) is 12.8 Å². The Balaban J connectivity index is 2.25. The van der Waals surface area contributed by atoms with E-state index in [1.807, 2.05) is 0 Å². The first kappa shape index (κ1) is 9.96. The lowest BCUT2D eigenvalue weighted by Crippen LogP contribution is -2.34. The third-order valence-electron chi connectivity index (χ3n) is 2.37. The lowest BCUT2D eigenvalue weighted by molar-refractivity contribution is -0.00391. The first-order valence-electron chi connectivity index (χ1n) is 4.64. The van der Waals surface area contributed by atoms with Gasteiger partial charge in [0.1, 0.15) is 0 Å². The minimum Gasteiger partial charge on any atom is -0.392 e. The molecule has 0 spiro atoms. The van der Waals surface area contributed by atoms with E-state index in [4.69, 9.17) is 5.73 Å². The monoisotopic (exact) mass is 173 g/mol. The van der Waals surface area contributed by atoms with Gasteiger partial charge >= 0.3 is 0 Å². The fourth-order valence-corrected chi connectivity index (χ4v) is 1.62. The predicted molar refractivity (Wildman–Crippen MR) is 47.6 cm³/mol.